The Morgan fingerprint density at radius 3 is 2.79 bits per heavy atom. The summed E-state index contributed by atoms with van der Waals surface area (Å²) in [5.41, 5.74) is 3.16. The lowest BCUT2D eigenvalue weighted by Crippen LogP contribution is -2.07. The number of aromatic nitrogens is 2. The van der Waals surface area contributed by atoms with E-state index in [0.29, 0.717) is 10.8 Å². The van der Waals surface area contributed by atoms with Crippen LogP contribution in [0.4, 0.5) is 5.69 Å². The normalized spacial score (nSPS) is 10.5. The van der Waals surface area contributed by atoms with Gasteiger partial charge in [0.15, 0.2) is 0 Å². The number of aryl methyl sites for hydroxylation is 2. The Balaban J connectivity index is 2.07. The van der Waals surface area contributed by atoms with Crippen LogP contribution in [0.2, 0.25) is 5.02 Å². The molecule has 0 fully saturated rings. The van der Waals surface area contributed by atoms with Crippen LogP contribution >= 0.6 is 11.6 Å². The fraction of sp³-hybridized carbons (Fsp3) is 0.357. The molecule has 2 rings (SSSR count). The third kappa shape index (κ3) is 3.20. The van der Waals surface area contributed by atoms with Crippen LogP contribution in [-0.2, 0) is 13.1 Å². The fourth-order valence-corrected chi connectivity index (χ4v) is 2.24. The van der Waals surface area contributed by atoms with Crippen molar-refractivity contribution < 1.29 is 4.74 Å². The molecule has 1 aromatic heterocycles. The Morgan fingerprint density at radius 1 is 1.37 bits per heavy atom. The number of rotatable bonds is 5. The summed E-state index contributed by atoms with van der Waals surface area (Å²) in [6.45, 7) is 5.67. The van der Waals surface area contributed by atoms with Gasteiger partial charge in [-0.1, -0.05) is 11.6 Å². The Labute approximate surface area is 118 Å². The quantitative estimate of drug-likeness (QED) is 0.911. The van der Waals surface area contributed by atoms with Crippen LogP contribution in [0.25, 0.3) is 0 Å². The van der Waals surface area contributed by atoms with Gasteiger partial charge in [-0.05, 0) is 38.1 Å². The van der Waals surface area contributed by atoms with Gasteiger partial charge in [0.05, 0.1) is 30.1 Å². The lowest BCUT2D eigenvalue weighted by Gasteiger charge is -2.10. The predicted molar refractivity (Wildman–Crippen MR) is 78.0 cm³/mol. The smallest absolute Gasteiger partial charge is 0.137 e. The first kappa shape index (κ1) is 13.7. The maximum absolute atomic E-state index is 6.09. The van der Waals surface area contributed by atoms with Crippen molar-refractivity contribution in [2.75, 3.05) is 12.4 Å². The van der Waals surface area contributed by atoms with E-state index in [-0.39, 0.29) is 0 Å². The summed E-state index contributed by atoms with van der Waals surface area (Å²) in [6, 6.07) is 7.75. The van der Waals surface area contributed by atoms with Crippen LogP contribution in [0, 0.1) is 6.92 Å². The number of ether oxygens (including phenoxy) is 1. The summed E-state index contributed by atoms with van der Waals surface area (Å²) in [4.78, 5) is 0. The summed E-state index contributed by atoms with van der Waals surface area (Å²) in [7, 11) is 1.61. The molecule has 0 amide bonds. The molecule has 0 spiro atoms. The van der Waals surface area contributed by atoms with E-state index in [9.17, 15) is 0 Å². The first-order valence-electron chi connectivity index (χ1n) is 6.24. The summed E-state index contributed by atoms with van der Waals surface area (Å²) in [5, 5.41) is 8.36. The molecule has 0 unspecified atom stereocenters. The highest BCUT2D eigenvalue weighted by Crippen LogP contribution is 2.27. The minimum atomic E-state index is 0.604. The van der Waals surface area contributed by atoms with Gasteiger partial charge in [-0.2, -0.15) is 5.10 Å². The minimum Gasteiger partial charge on any atom is -0.495 e. The van der Waals surface area contributed by atoms with E-state index in [0.717, 1.165) is 30.2 Å². The molecule has 5 heteroatoms. The monoisotopic (exact) mass is 279 g/mol. The molecule has 1 N–H and O–H groups in total. The van der Waals surface area contributed by atoms with Crippen molar-refractivity contribution in [1.82, 2.24) is 9.78 Å². The molecule has 0 aliphatic heterocycles. The molecule has 0 saturated carbocycles. The van der Waals surface area contributed by atoms with Crippen molar-refractivity contribution in [1.29, 1.82) is 0 Å². The van der Waals surface area contributed by atoms with Gasteiger partial charge in [-0.25, -0.2) is 0 Å². The molecule has 1 aromatic carbocycles. The Bertz CT molecular complexity index is 566. The number of anilines is 1. The van der Waals surface area contributed by atoms with E-state index in [2.05, 4.69) is 23.4 Å². The third-order valence-electron chi connectivity index (χ3n) is 2.91. The second kappa shape index (κ2) is 5.97. The highest BCUT2D eigenvalue weighted by molar-refractivity contribution is 6.32. The van der Waals surface area contributed by atoms with Crippen molar-refractivity contribution in [3.05, 3.63) is 40.7 Å². The molecular weight excluding hydrogens is 262 g/mol. The lowest BCUT2D eigenvalue weighted by molar-refractivity contribution is 0.415. The zero-order valence-electron chi connectivity index (χ0n) is 11.4. The second-order valence-electron chi connectivity index (χ2n) is 4.30. The van der Waals surface area contributed by atoms with Gasteiger partial charge >= 0.3 is 0 Å². The molecule has 0 radical (unpaired) electrons. The topological polar surface area (TPSA) is 39.1 Å². The van der Waals surface area contributed by atoms with Crippen molar-refractivity contribution in [3.63, 3.8) is 0 Å². The standard InChI is InChI=1S/C14H18ClN3O/c1-4-18-12(7-10(2)17-18)9-16-11-5-6-14(19-3)13(15)8-11/h5-8,16H,4,9H2,1-3H3. The predicted octanol–water partition coefficient (Wildman–Crippen LogP) is 3.49. The van der Waals surface area contributed by atoms with Crippen molar-refractivity contribution in [2.45, 2.75) is 26.9 Å². The summed E-state index contributed by atoms with van der Waals surface area (Å²) < 4.78 is 7.12. The van der Waals surface area contributed by atoms with Gasteiger partial charge in [0.2, 0.25) is 0 Å². The van der Waals surface area contributed by atoms with Crippen LogP contribution < -0.4 is 10.1 Å². The first-order valence-corrected chi connectivity index (χ1v) is 6.62. The van der Waals surface area contributed by atoms with E-state index in [4.69, 9.17) is 16.3 Å². The summed E-state index contributed by atoms with van der Waals surface area (Å²) >= 11 is 6.09. The molecule has 1 heterocycles. The average molecular weight is 280 g/mol. The van der Waals surface area contributed by atoms with Crippen LogP contribution in [0.15, 0.2) is 24.3 Å². The molecular formula is C14H18ClN3O. The minimum absolute atomic E-state index is 0.604. The van der Waals surface area contributed by atoms with Crippen molar-refractivity contribution in [3.8, 4) is 5.75 Å². The number of benzene rings is 1. The maximum atomic E-state index is 6.09. The van der Waals surface area contributed by atoms with Gasteiger partial charge in [0.25, 0.3) is 0 Å². The maximum Gasteiger partial charge on any atom is 0.137 e. The largest absolute Gasteiger partial charge is 0.495 e. The van der Waals surface area contributed by atoms with E-state index in [1.165, 1.54) is 0 Å². The fourth-order valence-electron chi connectivity index (χ4n) is 1.98. The summed E-state index contributed by atoms with van der Waals surface area (Å²) in [5.74, 6) is 0.682. The molecule has 4 nitrogen and oxygen atoms in total. The highest BCUT2D eigenvalue weighted by Gasteiger charge is 2.05. The zero-order valence-corrected chi connectivity index (χ0v) is 12.2. The third-order valence-corrected chi connectivity index (χ3v) is 3.21. The average Bonchev–Trinajstić information content (AvgIpc) is 2.77. The molecule has 2 aromatic rings. The van der Waals surface area contributed by atoms with Crippen LogP contribution in [-0.4, -0.2) is 16.9 Å². The Kier molecular flexibility index (Phi) is 4.32. The molecule has 0 bridgehead atoms. The zero-order chi connectivity index (χ0) is 13.8. The van der Waals surface area contributed by atoms with Crippen molar-refractivity contribution >= 4 is 17.3 Å². The van der Waals surface area contributed by atoms with Gasteiger partial charge in [0.1, 0.15) is 5.75 Å². The SMILES string of the molecule is CCn1nc(C)cc1CNc1ccc(OC)c(Cl)c1. The van der Waals surface area contributed by atoms with Crippen LogP contribution in [0.3, 0.4) is 0 Å². The van der Waals surface area contributed by atoms with Crippen LogP contribution in [0.1, 0.15) is 18.3 Å². The Morgan fingerprint density at radius 2 is 2.16 bits per heavy atom. The molecule has 0 atom stereocenters. The van der Waals surface area contributed by atoms with Crippen LogP contribution in [0.5, 0.6) is 5.75 Å². The first-order chi connectivity index (χ1) is 9.13. The second-order valence-corrected chi connectivity index (χ2v) is 4.70. The number of nitrogens with zero attached hydrogens (tertiary/aromatic N) is 2. The number of hydrogen-bond acceptors (Lipinski definition) is 3. The van der Waals surface area contributed by atoms with E-state index >= 15 is 0 Å². The van der Waals surface area contributed by atoms with E-state index in [1.807, 2.05) is 29.8 Å². The molecule has 0 aliphatic rings. The molecule has 0 saturated heterocycles. The number of hydrogen-bond donors (Lipinski definition) is 1. The van der Waals surface area contributed by atoms with Gasteiger partial charge in [-0.15, -0.1) is 0 Å². The number of methoxy groups -OCH3 is 1. The molecule has 0 aliphatic carbocycles. The number of halogens is 1. The highest BCUT2D eigenvalue weighted by atomic mass is 35.5. The number of nitrogens with one attached hydrogen (secondary N) is 1. The molecule has 102 valence electrons. The van der Waals surface area contributed by atoms with Gasteiger partial charge in [-0.3, -0.25) is 4.68 Å². The Hall–Kier alpha value is -1.68. The molecule has 19 heavy (non-hydrogen) atoms. The lowest BCUT2D eigenvalue weighted by atomic mass is 10.3. The van der Waals surface area contributed by atoms with E-state index < -0.39 is 0 Å². The van der Waals surface area contributed by atoms with Gasteiger partial charge in [0, 0.05) is 12.2 Å². The summed E-state index contributed by atoms with van der Waals surface area (Å²) in [6.07, 6.45) is 0. The van der Waals surface area contributed by atoms with E-state index in [1.54, 1.807) is 7.11 Å². The van der Waals surface area contributed by atoms with Gasteiger partial charge < -0.3 is 10.1 Å². The van der Waals surface area contributed by atoms with Crippen molar-refractivity contribution in [2.24, 2.45) is 0 Å².